The zero-order valence-electron chi connectivity index (χ0n) is 26.8. The lowest BCUT2D eigenvalue weighted by molar-refractivity contribution is -0.419. The fraction of sp³-hybridized carbons (Fsp3) is 0.250. The van der Waals surface area contributed by atoms with Crippen molar-refractivity contribution in [2.24, 2.45) is 0 Å². The predicted molar refractivity (Wildman–Crippen MR) is 163 cm³/mol. The van der Waals surface area contributed by atoms with Crippen molar-refractivity contribution in [2.45, 2.75) is 51.6 Å². The van der Waals surface area contributed by atoms with Gasteiger partial charge in [-0.15, -0.1) is 0 Å². The van der Waals surface area contributed by atoms with Crippen molar-refractivity contribution < 1.29 is 88.3 Å². The third kappa shape index (κ3) is 7.01. The van der Waals surface area contributed by atoms with Crippen molar-refractivity contribution in [1.29, 1.82) is 0 Å². The minimum atomic E-state index is -8.30. The van der Waals surface area contributed by atoms with Gasteiger partial charge in [-0.3, -0.25) is 4.55 Å². The van der Waals surface area contributed by atoms with E-state index >= 15 is 8.78 Å². The quantitative estimate of drug-likeness (QED) is 0.0988. The third-order valence-corrected chi connectivity index (χ3v) is 10.3. The lowest BCUT2D eigenvalue weighted by Gasteiger charge is -2.40. The molecule has 4 aromatic rings. The van der Waals surface area contributed by atoms with Gasteiger partial charge in [0, 0.05) is 5.56 Å². The van der Waals surface area contributed by atoms with E-state index in [9.17, 15) is 60.7 Å². The number of sulfone groups is 1. The smallest absolute Gasteiger partial charge is 0.438 e. The van der Waals surface area contributed by atoms with Gasteiger partial charge in [0.2, 0.25) is 9.84 Å². The van der Waals surface area contributed by atoms with Crippen LogP contribution in [0.1, 0.15) is 11.1 Å². The molecule has 0 aliphatic heterocycles. The van der Waals surface area contributed by atoms with Gasteiger partial charge in [0.1, 0.15) is 28.7 Å². The summed E-state index contributed by atoms with van der Waals surface area (Å²) in [5.41, 5.74) is -3.65. The van der Waals surface area contributed by atoms with E-state index in [1.54, 1.807) is 24.3 Å². The van der Waals surface area contributed by atoms with Crippen LogP contribution < -0.4 is 14.2 Å². The molecule has 0 heterocycles. The summed E-state index contributed by atoms with van der Waals surface area (Å²) in [6, 6.07) is 16.8. The second-order valence-corrected chi connectivity index (χ2v) is 14.6. The molecule has 8 nitrogen and oxygen atoms in total. The zero-order chi connectivity index (χ0) is 40.9. The van der Waals surface area contributed by atoms with Gasteiger partial charge in [0.05, 0.1) is 16.9 Å². The molecule has 0 radical (unpaired) electrons. The standard InChI is InChI=1S/C32H22F12O8S2/c1-18-3-14-25(17-26(18)27(33,34)28(35,36)29(37,38)30(39,40)31(41,42)32(43,44)54(47,48)49)53(45,46)24-15-12-23(13-16-24)52-22-10-8-21(9-11-22)51-20-6-4-19(50-2)5-7-20/h3-17H,1-2H3,(H,47,48,49). The summed E-state index contributed by atoms with van der Waals surface area (Å²) in [6.45, 7) is 0.469. The molecule has 0 saturated heterocycles. The maximum absolute atomic E-state index is 15.1. The summed E-state index contributed by atoms with van der Waals surface area (Å²) in [7, 11) is -11.3. The molecule has 0 aliphatic carbocycles. The fourth-order valence-corrected chi connectivity index (χ4v) is 6.27. The highest BCUT2D eigenvalue weighted by Gasteiger charge is 2.92. The summed E-state index contributed by atoms with van der Waals surface area (Å²) >= 11 is 0. The van der Waals surface area contributed by atoms with Crippen LogP contribution in [0.15, 0.2) is 101 Å². The van der Waals surface area contributed by atoms with Crippen molar-refractivity contribution in [3.05, 3.63) is 102 Å². The Labute approximate surface area is 297 Å². The highest BCUT2D eigenvalue weighted by Crippen LogP contribution is 2.62. The fourth-order valence-electron chi connectivity index (χ4n) is 4.53. The molecule has 1 N–H and O–H groups in total. The average molecular weight is 827 g/mol. The van der Waals surface area contributed by atoms with Gasteiger partial charge in [-0.1, -0.05) is 6.07 Å². The van der Waals surface area contributed by atoms with Crippen LogP contribution in [-0.4, -0.2) is 57.4 Å². The van der Waals surface area contributed by atoms with E-state index in [2.05, 4.69) is 0 Å². The topological polar surface area (TPSA) is 116 Å². The Kier molecular flexibility index (Phi) is 10.8. The van der Waals surface area contributed by atoms with Crippen molar-refractivity contribution in [2.75, 3.05) is 7.11 Å². The van der Waals surface area contributed by atoms with Crippen LogP contribution in [-0.2, 0) is 25.9 Å². The number of ether oxygens (including phenoxy) is 3. The minimum absolute atomic E-state index is 0.00641. The number of alkyl halides is 12. The highest BCUT2D eigenvalue weighted by molar-refractivity contribution is 7.91. The number of benzene rings is 4. The first-order chi connectivity index (χ1) is 24.6. The van der Waals surface area contributed by atoms with E-state index in [0.29, 0.717) is 36.3 Å². The molecule has 0 unspecified atom stereocenters. The molecule has 0 aliphatic rings. The summed E-state index contributed by atoms with van der Waals surface area (Å²) in [6.07, 6.45) is 0. The molecule has 54 heavy (non-hydrogen) atoms. The minimum Gasteiger partial charge on any atom is -0.497 e. The molecule has 0 spiro atoms. The maximum Gasteiger partial charge on any atom is 0.438 e. The van der Waals surface area contributed by atoms with Gasteiger partial charge < -0.3 is 14.2 Å². The zero-order valence-corrected chi connectivity index (χ0v) is 28.5. The molecule has 0 atom stereocenters. The lowest BCUT2D eigenvalue weighted by Crippen LogP contribution is -2.71. The van der Waals surface area contributed by atoms with Crippen molar-refractivity contribution >= 4 is 20.0 Å². The largest absolute Gasteiger partial charge is 0.497 e. The van der Waals surface area contributed by atoms with Crippen molar-refractivity contribution in [3.63, 3.8) is 0 Å². The summed E-state index contributed by atoms with van der Waals surface area (Å²) in [4.78, 5) is -2.08. The Morgan fingerprint density at radius 1 is 0.500 bits per heavy atom. The first kappa shape index (κ1) is 42.0. The maximum atomic E-state index is 15.1. The van der Waals surface area contributed by atoms with Crippen LogP contribution in [0.25, 0.3) is 0 Å². The second-order valence-electron chi connectivity index (χ2n) is 11.2. The van der Waals surface area contributed by atoms with E-state index in [-0.39, 0.29) is 17.6 Å². The molecular weight excluding hydrogens is 804 g/mol. The molecule has 0 fully saturated rings. The first-order valence-electron chi connectivity index (χ1n) is 14.4. The first-order valence-corrected chi connectivity index (χ1v) is 17.3. The van der Waals surface area contributed by atoms with E-state index in [1.165, 1.54) is 31.4 Å². The average Bonchev–Trinajstić information content (AvgIpc) is 3.08. The molecule has 294 valence electrons. The van der Waals surface area contributed by atoms with Crippen LogP contribution in [0.2, 0.25) is 0 Å². The molecule has 4 rings (SSSR count). The highest BCUT2D eigenvalue weighted by atomic mass is 32.2. The number of halogens is 12. The number of hydrogen-bond donors (Lipinski definition) is 1. The molecule has 0 saturated carbocycles. The molecule has 22 heteroatoms. The van der Waals surface area contributed by atoms with Gasteiger partial charge in [-0.25, -0.2) is 8.42 Å². The van der Waals surface area contributed by atoms with Crippen LogP contribution in [0.4, 0.5) is 52.7 Å². The molecule has 4 aromatic carbocycles. The van der Waals surface area contributed by atoms with Gasteiger partial charge in [-0.05, 0) is 97.4 Å². The summed E-state index contributed by atoms with van der Waals surface area (Å²) in [5.74, 6) is -37.5. The van der Waals surface area contributed by atoms with Gasteiger partial charge in [0.15, 0.2) is 0 Å². The predicted octanol–water partition coefficient (Wildman–Crippen LogP) is 9.53. The SMILES string of the molecule is COc1ccc(Oc2ccc(Oc3ccc(S(=O)(=O)c4ccc(C)c(C(F)(F)C(F)(F)C(F)(F)C(F)(F)C(F)(F)C(F)(F)S(=O)(=O)O)c4)cc3)cc2)cc1. The number of rotatable bonds is 14. The Balaban J connectivity index is 1.60. The summed E-state index contributed by atoms with van der Waals surface area (Å²) < 4.78 is 244. The van der Waals surface area contributed by atoms with Gasteiger partial charge in [-0.2, -0.15) is 61.1 Å². The molecular formula is C32H22F12O8S2. The van der Waals surface area contributed by atoms with Crippen LogP contribution in [0.3, 0.4) is 0 Å². The van der Waals surface area contributed by atoms with Crippen molar-refractivity contribution in [3.8, 4) is 28.7 Å². The van der Waals surface area contributed by atoms with Crippen LogP contribution >= 0.6 is 0 Å². The van der Waals surface area contributed by atoms with Gasteiger partial charge >= 0.3 is 45.0 Å². The Hall–Kier alpha value is -4.70. The molecule has 0 amide bonds. The number of methoxy groups -OCH3 is 1. The Bertz CT molecular complexity index is 2210. The number of aryl methyl sites for hydroxylation is 1. The van der Waals surface area contributed by atoms with E-state index in [1.807, 2.05) is 0 Å². The Morgan fingerprint density at radius 3 is 1.24 bits per heavy atom. The van der Waals surface area contributed by atoms with Gasteiger partial charge in [0.25, 0.3) is 0 Å². The van der Waals surface area contributed by atoms with Crippen LogP contribution in [0.5, 0.6) is 28.7 Å². The van der Waals surface area contributed by atoms with E-state index < -0.39 is 75.7 Å². The number of hydrogen-bond acceptors (Lipinski definition) is 7. The van der Waals surface area contributed by atoms with E-state index in [4.69, 9.17) is 18.8 Å². The lowest BCUT2D eigenvalue weighted by atomic mass is 9.89. The third-order valence-electron chi connectivity index (χ3n) is 7.61. The monoisotopic (exact) mass is 826 g/mol. The van der Waals surface area contributed by atoms with Crippen molar-refractivity contribution in [1.82, 2.24) is 0 Å². The second kappa shape index (κ2) is 13.9. The summed E-state index contributed by atoms with van der Waals surface area (Å²) in [5, 5.41) is -7.60. The normalized spacial score (nSPS) is 13.8. The molecule has 0 bridgehead atoms. The molecule has 0 aromatic heterocycles. The van der Waals surface area contributed by atoms with Crippen LogP contribution in [0, 0.1) is 6.92 Å². The van der Waals surface area contributed by atoms with E-state index in [0.717, 1.165) is 24.3 Å². The Morgan fingerprint density at radius 2 is 0.852 bits per heavy atom.